The summed E-state index contributed by atoms with van der Waals surface area (Å²) in [5.74, 6) is 0. The van der Waals surface area contributed by atoms with E-state index in [1.165, 1.54) is 22.6 Å². The highest BCUT2D eigenvalue weighted by molar-refractivity contribution is 5.70. The molecule has 6 nitrogen and oxygen atoms in total. The highest BCUT2D eigenvalue weighted by Crippen LogP contribution is 2.29. The van der Waals surface area contributed by atoms with Crippen LogP contribution in [0.25, 0.3) is 28.2 Å². The molecule has 0 spiro atoms. The maximum absolute atomic E-state index is 9.19. The Morgan fingerprint density at radius 1 is 1.00 bits per heavy atom. The Morgan fingerprint density at radius 2 is 1.81 bits per heavy atom. The zero-order valence-electron chi connectivity index (χ0n) is 18.7. The van der Waals surface area contributed by atoms with Crippen molar-refractivity contribution in [3.05, 3.63) is 71.7 Å². The van der Waals surface area contributed by atoms with Crippen LogP contribution in [-0.4, -0.2) is 45.0 Å². The number of nitrogens with zero attached hydrogens (tertiary/aromatic N) is 5. The Hall–Kier alpha value is -3.40. The number of aryl methyl sites for hydroxylation is 1. The summed E-state index contributed by atoms with van der Waals surface area (Å²) in [7, 11) is 2.11. The van der Waals surface area contributed by atoms with Gasteiger partial charge in [0, 0.05) is 55.4 Å². The predicted molar refractivity (Wildman–Crippen MR) is 127 cm³/mol. The molecule has 0 radical (unpaired) electrons. The van der Waals surface area contributed by atoms with Gasteiger partial charge in [-0.2, -0.15) is 5.26 Å². The summed E-state index contributed by atoms with van der Waals surface area (Å²) in [5, 5.41) is 12.7. The number of fused-ring (bicyclic) bond motifs is 1. The third-order valence-electron chi connectivity index (χ3n) is 6.48. The van der Waals surface area contributed by atoms with Gasteiger partial charge in [-0.1, -0.05) is 12.1 Å². The number of benzene rings is 1. The van der Waals surface area contributed by atoms with Gasteiger partial charge in [0.15, 0.2) is 0 Å². The molecule has 1 fully saturated rings. The van der Waals surface area contributed by atoms with Crippen LogP contribution in [0, 0.1) is 18.3 Å². The number of aromatic nitrogens is 3. The van der Waals surface area contributed by atoms with Gasteiger partial charge in [0.05, 0.1) is 23.0 Å². The fourth-order valence-electron chi connectivity index (χ4n) is 4.50. The molecule has 4 heterocycles. The number of rotatable bonds is 4. The van der Waals surface area contributed by atoms with Crippen molar-refractivity contribution in [2.45, 2.75) is 19.9 Å². The van der Waals surface area contributed by atoms with Gasteiger partial charge in [-0.15, -0.1) is 0 Å². The standard InChI is InChI=1S/C26H28N6/c1-19-4-10-23(30(19)2)22-9-11-25-29-26(21-7-5-20(16-27)6-8-21)24(32(25)17-22)18-31-14-3-12-28-13-15-31/h4-11,17,28H,3,12-15,18H2,1-2H3. The van der Waals surface area contributed by atoms with Gasteiger partial charge in [-0.3, -0.25) is 4.90 Å². The highest BCUT2D eigenvalue weighted by atomic mass is 15.2. The molecule has 162 valence electrons. The fourth-order valence-corrected chi connectivity index (χ4v) is 4.50. The monoisotopic (exact) mass is 424 g/mol. The minimum absolute atomic E-state index is 0.666. The summed E-state index contributed by atoms with van der Waals surface area (Å²) < 4.78 is 4.48. The molecule has 0 unspecified atom stereocenters. The number of nitriles is 1. The van der Waals surface area contributed by atoms with Crippen molar-refractivity contribution in [3.8, 4) is 28.6 Å². The van der Waals surface area contributed by atoms with Gasteiger partial charge in [0.1, 0.15) is 5.65 Å². The summed E-state index contributed by atoms with van der Waals surface area (Å²) in [6.07, 6.45) is 3.37. The first-order valence-corrected chi connectivity index (χ1v) is 11.2. The average Bonchev–Trinajstić information content (AvgIpc) is 3.21. The van der Waals surface area contributed by atoms with Crippen LogP contribution in [0.2, 0.25) is 0 Å². The van der Waals surface area contributed by atoms with Gasteiger partial charge in [-0.05, 0) is 62.8 Å². The molecule has 5 rings (SSSR count). The van der Waals surface area contributed by atoms with Crippen LogP contribution in [0.5, 0.6) is 0 Å². The first-order chi connectivity index (χ1) is 15.6. The summed E-state index contributed by atoms with van der Waals surface area (Å²) in [6.45, 7) is 7.15. The second kappa shape index (κ2) is 8.62. The molecule has 1 aliphatic heterocycles. The second-order valence-corrected chi connectivity index (χ2v) is 8.54. The molecular weight excluding hydrogens is 396 g/mol. The number of hydrogen-bond acceptors (Lipinski definition) is 4. The van der Waals surface area contributed by atoms with Crippen LogP contribution < -0.4 is 5.32 Å². The normalized spacial score (nSPS) is 15.0. The molecule has 0 bridgehead atoms. The Morgan fingerprint density at radius 3 is 2.56 bits per heavy atom. The van der Waals surface area contributed by atoms with Crippen molar-refractivity contribution >= 4 is 5.65 Å². The van der Waals surface area contributed by atoms with Crippen molar-refractivity contribution in [3.63, 3.8) is 0 Å². The van der Waals surface area contributed by atoms with Gasteiger partial charge in [-0.25, -0.2) is 4.98 Å². The van der Waals surface area contributed by atoms with E-state index in [9.17, 15) is 5.26 Å². The Balaban J connectivity index is 1.64. The number of hydrogen-bond donors (Lipinski definition) is 1. The summed E-state index contributed by atoms with van der Waals surface area (Å²) >= 11 is 0. The molecule has 1 saturated heterocycles. The Kier molecular flexibility index (Phi) is 5.52. The second-order valence-electron chi connectivity index (χ2n) is 8.54. The highest BCUT2D eigenvalue weighted by Gasteiger charge is 2.19. The van der Waals surface area contributed by atoms with Crippen LogP contribution in [0.1, 0.15) is 23.4 Å². The third kappa shape index (κ3) is 3.81. The molecule has 1 aliphatic rings. The van der Waals surface area contributed by atoms with E-state index in [-0.39, 0.29) is 0 Å². The van der Waals surface area contributed by atoms with Crippen molar-refractivity contribution in [2.75, 3.05) is 26.2 Å². The zero-order chi connectivity index (χ0) is 22.1. The van der Waals surface area contributed by atoms with E-state index in [4.69, 9.17) is 4.98 Å². The molecule has 0 amide bonds. The van der Waals surface area contributed by atoms with E-state index in [0.717, 1.165) is 56.0 Å². The summed E-state index contributed by atoms with van der Waals surface area (Å²) in [5.41, 5.74) is 8.46. The number of pyridine rings is 1. The molecule has 1 aromatic carbocycles. The smallest absolute Gasteiger partial charge is 0.137 e. The molecule has 4 aromatic rings. The van der Waals surface area contributed by atoms with Gasteiger partial charge >= 0.3 is 0 Å². The van der Waals surface area contributed by atoms with Crippen LogP contribution in [0.4, 0.5) is 0 Å². The molecule has 0 saturated carbocycles. The Bertz CT molecular complexity index is 1280. The maximum Gasteiger partial charge on any atom is 0.137 e. The van der Waals surface area contributed by atoms with Crippen LogP contribution >= 0.6 is 0 Å². The van der Waals surface area contributed by atoms with E-state index >= 15 is 0 Å². The van der Waals surface area contributed by atoms with E-state index in [2.05, 4.69) is 69.7 Å². The third-order valence-corrected chi connectivity index (χ3v) is 6.48. The van der Waals surface area contributed by atoms with Gasteiger partial charge in [0.25, 0.3) is 0 Å². The minimum atomic E-state index is 0.666. The molecule has 32 heavy (non-hydrogen) atoms. The van der Waals surface area contributed by atoms with Crippen LogP contribution in [0.3, 0.4) is 0 Å². The van der Waals surface area contributed by atoms with E-state index in [0.29, 0.717) is 5.56 Å². The molecule has 1 N–H and O–H groups in total. The first kappa shape index (κ1) is 20.5. The Labute approximate surface area is 188 Å². The molecule has 6 heteroatoms. The van der Waals surface area contributed by atoms with Crippen molar-refractivity contribution < 1.29 is 0 Å². The van der Waals surface area contributed by atoms with Crippen LogP contribution in [0.15, 0.2) is 54.7 Å². The first-order valence-electron chi connectivity index (χ1n) is 11.2. The van der Waals surface area contributed by atoms with E-state index in [1.54, 1.807) is 0 Å². The number of imidazole rings is 1. The molecular formula is C26H28N6. The van der Waals surface area contributed by atoms with E-state index < -0.39 is 0 Å². The van der Waals surface area contributed by atoms with Gasteiger partial charge in [0.2, 0.25) is 0 Å². The average molecular weight is 425 g/mol. The zero-order valence-corrected chi connectivity index (χ0v) is 18.7. The lowest BCUT2D eigenvalue weighted by molar-refractivity contribution is 0.281. The predicted octanol–water partition coefficient (Wildman–Crippen LogP) is 3.98. The summed E-state index contributed by atoms with van der Waals surface area (Å²) in [4.78, 5) is 7.53. The maximum atomic E-state index is 9.19. The lowest BCUT2D eigenvalue weighted by Crippen LogP contribution is -2.28. The van der Waals surface area contributed by atoms with Gasteiger partial charge < -0.3 is 14.3 Å². The topological polar surface area (TPSA) is 61.3 Å². The largest absolute Gasteiger partial charge is 0.348 e. The lowest BCUT2D eigenvalue weighted by atomic mass is 10.1. The fraction of sp³-hybridized carbons (Fsp3) is 0.308. The van der Waals surface area contributed by atoms with Crippen molar-refractivity contribution in [1.82, 2.24) is 24.2 Å². The SMILES string of the molecule is Cc1ccc(-c2ccc3nc(-c4ccc(C#N)cc4)c(CN4CCCNCC4)n3c2)n1C. The quantitative estimate of drug-likeness (QED) is 0.538. The minimum Gasteiger partial charge on any atom is -0.348 e. The molecule has 0 aliphatic carbocycles. The molecule has 3 aromatic heterocycles. The van der Waals surface area contributed by atoms with Crippen LogP contribution in [-0.2, 0) is 13.6 Å². The van der Waals surface area contributed by atoms with Crippen molar-refractivity contribution in [1.29, 1.82) is 5.26 Å². The molecule has 0 atom stereocenters. The number of nitrogens with one attached hydrogen (secondary N) is 1. The van der Waals surface area contributed by atoms with E-state index in [1.807, 2.05) is 24.3 Å². The lowest BCUT2D eigenvalue weighted by Gasteiger charge is -2.20. The van der Waals surface area contributed by atoms with Crippen molar-refractivity contribution in [2.24, 2.45) is 7.05 Å². The summed E-state index contributed by atoms with van der Waals surface area (Å²) in [6, 6.07) is 18.6.